The minimum Gasteiger partial charge on any atom is -0.468 e. The van der Waals surface area contributed by atoms with E-state index in [0.29, 0.717) is 5.92 Å². The second-order valence-electron chi connectivity index (χ2n) is 4.81. The lowest BCUT2D eigenvalue weighted by atomic mass is 10.1. The molecule has 0 spiro atoms. The summed E-state index contributed by atoms with van der Waals surface area (Å²) in [6, 6.07) is 4.01. The van der Waals surface area contributed by atoms with Gasteiger partial charge in [0.25, 0.3) is 0 Å². The zero-order valence-electron chi connectivity index (χ0n) is 11.1. The van der Waals surface area contributed by atoms with Crippen molar-refractivity contribution in [1.82, 2.24) is 20.1 Å². The van der Waals surface area contributed by atoms with Gasteiger partial charge in [-0.2, -0.15) is 5.10 Å². The van der Waals surface area contributed by atoms with Crippen LogP contribution in [0.4, 0.5) is 0 Å². The molecule has 0 amide bonds. The number of hydrogen-bond donors (Lipinski definition) is 1. The van der Waals surface area contributed by atoms with Crippen molar-refractivity contribution in [2.75, 3.05) is 7.05 Å². The Kier molecular flexibility index (Phi) is 4.15. The number of aromatic nitrogens is 3. The normalized spacial score (nSPS) is 13.1. The lowest BCUT2D eigenvalue weighted by molar-refractivity contribution is 0.407. The van der Waals surface area contributed by atoms with Crippen molar-refractivity contribution in [3.05, 3.63) is 36.3 Å². The maximum Gasteiger partial charge on any atom is 0.138 e. The Bertz CT molecular complexity index is 461. The fourth-order valence-corrected chi connectivity index (χ4v) is 1.96. The molecule has 1 unspecified atom stereocenters. The van der Waals surface area contributed by atoms with Crippen LogP contribution in [0.3, 0.4) is 0 Å². The molecule has 5 heteroatoms. The number of nitrogens with zero attached hydrogens (tertiary/aromatic N) is 3. The average Bonchev–Trinajstić information content (AvgIpc) is 2.96. The first kappa shape index (κ1) is 12.8. The predicted octanol–water partition coefficient (Wildman–Crippen LogP) is 2.03. The third-order valence-corrected chi connectivity index (χ3v) is 2.86. The first-order chi connectivity index (χ1) is 8.70. The minimum atomic E-state index is 0.134. The SMILES string of the molecule is CNC(Cc1ncnn1CC(C)C)c1ccco1. The van der Waals surface area contributed by atoms with Crippen LogP contribution in [-0.2, 0) is 13.0 Å². The third kappa shape index (κ3) is 2.98. The highest BCUT2D eigenvalue weighted by Crippen LogP contribution is 2.17. The number of furan rings is 1. The van der Waals surface area contributed by atoms with E-state index in [0.717, 1.165) is 24.6 Å². The van der Waals surface area contributed by atoms with Crippen LogP contribution in [0, 0.1) is 5.92 Å². The summed E-state index contributed by atoms with van der Waals surface area (Å²) in [5.74, 6) is 2.47. The van der Waals surface area contributed by atoms with Crippen molar-refractivity contribution in [2.45, 2.75) is 32.9 Å². The fourth-order valence-electron chi connectivity index (χ4n) is 1.96. The van der Waals surface area contributed by atoms with Gasteiger partial charge in [-0.05, 0) is 25.1 Å². The Morgan fingerprint density at radius 3 is 2.89 bits per heavy atom. The lowest BCUT2D eigenvalue weighted by Gasteiger charge is -2.14. The molecule has 0 aliphatic rings. The molecule has 0 aliphatic carbocycles. The van der Waals surface area contributed by atoms with Crippen molar-refractivity contribution in [3.63, 3.8) is 0 Å². The molecule has 0 fully saturated rings. The summed E-state index contributed by atoms with van der Waals surface area (Å²) in [6.07, 6.45) is 4.09. The van der Waals surface area contributed by atoms with Crippen molar-refractivity contribution >= 4 is 0 Å². The van der Waals surface area contributed by atoms with Gasteiger partial charge in [0.1, 0.15) is 17.9 Å². The zero-order chi connectivity index (χ0) is 13.0. The smallest absolute Gasteiger partial charge is 0.138 e. The number of likely N-dealkylation sites (N-methyl/N-ethyl adjacent to an activating group) is 1. The standard InChI is InChI=1S/C13H20N4O/c1-10(2)8-17-13(15-9-16-17)7-11(14-3)12-5-4-6-18-12/h4-6,9-11,14H,7-8H2,1-3H3. The zero-order valence-corrected chi connectivity index (χ0v) is 11.1. The van der Waals surface area contributed by atoms with Crippen LogP contribution in [-0.4, -0.2) is 21.8 Å². The van der Waals surface area contributed by atoms with Gasteiger partial charge in [-0.15, -0.1) is 0 Å². The summed E-state index contributed by atoms with van der Waals surface area (Å²) >= 11 is 0. The van der Waals surface area contributed by atoms with E-state index in [4.69, 9.17) is 4.42 Å². The van der Waals surface area contributed by atoms with Gasteiger partial charge >= 0.3 is 0 Å². The highest BCUT2D eigenvalue weighted by Gasteiger charge is 2.16. The molecule has 2 aromatic rings. The molecule has 98 valence electrons. The highest BCUT2D eigenvalue weighted by atomic mass is 16.3. The molecule has 1 atom stereocenters. The van der Waals surface area contributed by atoms with Gasteiger partial charge < -0.3 is 9.73 Å². The van der Waals surface area contributed by atoms with E-state index in [2.05, 4.69) is 29.2 Å². The summed E-state index contributed by atoms with van der Waals surface area (Å²) in [7, 11) is 1.93. The van der Waals surface area contributed by atoms with Crippen LogP contribution in [0.5, 0.6) is 0 Å². The average molecular weight is 248 g/mol. The molecule has 2 heterocycles. The van der Waals surface area contributed by atoms with Crippen LogP contribution >= 0.6 is 0 Å². The lowest BCUT2D eigenvalue weighted by Crippen LogP contribution is -2.21. The number of hydrogen-bond acceptors (Lipinski definition) is 4. The van der Waals surface area contributed by atoms with Gasteiger partial charge in [0, 0.05) is 13.0 Å². The van der Waals surface area contributed by atoms with E-state index in [1.54, 1.807) is 12.6 Å². The molecule has 2 aromatic heterocycles. The minimum absolute atomic E-state index is 0.134. The molecule has 0 saturated heterocycles. The molecule has 5 nitrogen and oxygen atoms in total. The van der Waals surface area contributed by atoms with Crippen molar-refractivity contribution in [1.29, 1.82) is 0 Å². The Morgan fingerprint density at radius 1 is 1.44 bits per heavy atom. The maximum atomic E-state index is 5.44. The van der Waals surface area contributed by atoms with E-state index in [-0.39, 0.29) is 6.04 Å². The summed E-state index contributed by atoms with van der Waals surface area (Å²) in [5, 5.41) is 7.52. The summed E-state index contributed by atoms with van der Waals surface area (Å²) in [6.45, 7) is 5.24. The molecule has 0 radical (unpaired) electrons. The molecule has 0 saturated carbocycles. The second-order valence-corrected chi connectivity index (χ2v) is 4.81. The first-order valence-corrected chi connectivity index (χ1v) is 6.28. The van der Waals surface area contributed by atoms with Crippen LogP contribution < -0.4 is 5.32 Å². The van der Waals surface area contributed by atoms with Crippen LogP contribution in [0.2, 0.25) is 0 Å². The van der Waals surface area contributed by atoms with Gasteiger partial charge in [-0.1, -0.05) is 13.8 Å². The molecule has 1 N–H and O–H groups in total. The van der Waals surface area contributed by atoms with Crippen molar-refractivity contribution in [3.8, 4) is 0 Å². The fraction of sp³-hybridized carbons (Fsp3) is 0.538. The van der Waals surface area contributed by atoms with Gasteiger partial charge in [-0.3, -0.25) is 0 Å². The van der Waals surface area contributed by atoms with Gasteiger partial charge in [0.05, 0.1) is 12.3 Å². The van der Waals surface area contributed by atoms with Gasteiger partial charge in [0.15, 0.2) is 0 Å². The van der Waals surface area contributed by atoms with Crippen molar-refractivity contribution < 1.29 is 4.42 Å². The van der Waals surface area contributed by atoms with E-state index < -0.39 is 0 Å². The largest absolute Gasteiger partial charge is 0.468 e. The molecule has 2 rings (SSSR count). The van der Waals surface area contributed by atoms with E-state index in [1.807, 2.05) is 23.9 Å². The van der Waals surface area contributed by atoms with Crippen molar-refractivity contribution in [2.24, 2.45) is 5.92 Å². The van der Waals surface area contributed by atoms with Crippen LogP contribution in [0.15, 0.2) is 29.1 Å². The number of rotatable bonds is 6. The van der Waals surface area contributed by atoms with Crippen LogP contribution in [0.1, 0.15) is 31.5 Å². The molecule has 0 aromatic carbocycles. The Morgan fingerprint density at radius 2 is 2.28 bits per heavy atom. The summed E-state index contributed by atoms with van der Waals surface area (Å²) < 4.78 is 7.41. The molecule has 0 aliphatic heterocycles. The monoisotopic (exact) mass is 248 g/mol. The highest BCUT2D eigenvalue weighted by molar-refractivity contribution is 5.07. The van der Waals surface area contributed by atoms with E-state index >= 15 is 0 Å². The maximum absolute atomic E-state index is 5.44. The second kappa shape index (κ2) is 5.82. The third-order valence-electron chi connectivity index (χ3n) is 2.86. The summed E-state index contributed by atoms with van der Waals surface area (Å²) in [5.41, 5.74) is 0. The topological polar surface area (TPSA) is 55.9 Å². The Hall–Kier alpha value is -1.62. The Labute approximate surface area is 107 Å². The quantitative estimate of drug-likeness (QED) is 0.850. The van der Waals surface area contributed by atoms with E-state index in [9.17, 15) is 0 Å². The predicted molar refractivity (Wildman–Crippen MR) is 69.1 cm³/mol. The molecule has 18 heavy (non-hydrogen) atoms. The summed E-state index contributed by atoms with van der Waals surface area (Å²) in [4.78, 5) is 4.34. The Balaban J connectivity index is 2.10. The molecule has 0 bridgehead atoms. The van der Waals surface area contributed by atoms with E-state index in [1.165, 1.54) is 0 Å². The molecular formula is C13H20N4O. The van der Waals surface area contributed by atoms with Crippen LogP contribution in [0.25, 0.3) is 0 Å². The molecular weight excluding hydrogens is 228 g/mol. The first-order valence-electron chi connectivity index (χ1n) is 6.28. The van der Waals surface area contributed by atoms with Gasteiger partial charge in [0.2, 0.25) is 0 Å². The number of nitrogens with one attached hydrogen (secondary N) is 1. The van der Waals surface area contributed by atoms with Gasteiger partial charge in [-0.25, -0.2) is 9.67 Å².